The monoisotopic (exact) mass is 413 g/mol. The van der Waals surface area contributed by atoms with Crippen molar-refractivity contribution in [2.45, 2.75) is 5.60 Å². The van der Waals surface area contributed by atoms with Crippen molar-refractivity contribution >= 4 is 22.8 Å². The fraction of sp³-hybridized carbons (Fsp3) is 0.174. The molecule has 3 heterocycles. The van der Waals surface area contributed by atoms with Crippen LogP contribution in [0.25, 0.3) is 22.2 Å². The van der Waals surface area contributed by atoms with E-state index in [9.17, 15) is 9.90 Å². The van der Waals surface area contributed by atoms with Gasteiger partial charge in [-0.2, -0.15) is 0 Å². The Bertz CT molecular complexity index is 1290. The highest BCUT2D eigenvalue weighted by Gasteiger charge is 2.47. The normalized spacial score (nSPS) is 14.8. The SMILES string of the molecule is COC(=O)c1cccc(-c2nccnc2C2(O)CN(c3ncc4ccccc4n3)C2)c1. The number of ether oxygens (including phenoxy) is 1. The van der Waals surface area contributed by atoms with Crippen molar-refractivity contribution in [2.24, 2.45) is 0 Å². The number of hydrogen-bond donors (Lipinski definition) is 1. The van der Waals surface area contributed by atoms with Crippen LogP contribution in [-0.2, 0) is 10.3 Å². The highest BCUT2D eigenvalue weighted by Crippen LogP contribution is 2.37. The Morgan fingerprint density at radius 3 is 2.71 bits per heavy atom. The molecule has 1 saturated heterocycles. The number of esters is 1. The Morgan fingerprint density at radius 1 is 1.06 bits per heavy atom. The number of anilines is 1. The summed E-state index contributed by atoms with van der Waals surface area (Å²) in [4.78, 5) is 31.7. The minimum atomic E-state index is -1.21. The first-order valence-corrected chi connectivity index (χ1v) is 9.77. The number of aromatic nitrogens is 4. The number of β-amino-alcohol motifs (C(OH)–C–C–N with tert-alkyl or cyclic N) is 1. The van der Waals surface area contributed by atoms with Crippen LogP contribution in [0.4, 0.5) is 5.95 Å². The summed E-state index contributed by atoms with van der Waals surface area (Å²) in [6, 6.07) is 14.7. The zero-order valence-corrected chi connectivity index (χ0v) is 16.8. The molecule has 5 rings (SSSR count). The lowest BCUT2D eigenvalue weighted by Crippen LogP contribution is -2.60. The van der Waals surface area contributed by atoms with Gasteiger partial charge in [0, 0.05) is 29.5 Å². The minimum absolute atomic E-state index is 0.285. The van der Waals surface area contributed by atoms with Gasteiger partial charge in [-0.15, -0.1) is 0 Å². The zero-order valence-electron chi connectivity index (χ0n) is 16.8. The first-order valence-electron chi connectivity index (χ1n) is 9.77. The van der Waals surface area contributed by atoms with Crippen LogP contribution in [0.1, 0.15) is 16.1 Å². The van der Waals surface area contributed by atoms with Gasteiger partial charge in [0.1, 0.15) is 11.3 Å². The second-order valence-corrected chi connectivity index (χ2v) is 7.44. The molecular weight excluding hydrogens is 394 g/mol. The van der Waals surface area contributed by atoms with Crippen LogP contribution in [0, 0.1) is 0 Å². The first-order chi connectivity index (χ1) is 15.1. The van der Waals surface area contributed by atoms with Gasteiger partial charge in [0.05, 0.1) is 37.0 Å². The smallest absolute Gasteiger partial charge is 0.337 e. The van der Waals surface area contributed by atoms with Crippen molar-refractivity contribution in [1.82, 2.24) is 19.9 Å². The molecule has 2 aromatic heterocycles. The van der Waals surface area contributed by atoms with E-state index < -0.39 is 11.6 Å². The Kier molecular flexibility index (Phi) is 4.56. The van der Waals surface area contributed by atoms with Gasteiger partial charge in [0.2, 0.25) is 5.95 Å². The van der Waals surface area contributed by atoms with E-state index in [4.69, 9.17) is 4.74 Å². The highest BCUT2D eigenvalue weighted by atomic mass is 16.5. The number of para-hydroxylation sites is 1. The summed E-state index contributed by atoms with van der Waals surface area (Å²) >= 11 is 0. The fourth-order valence-electron chi connectivity index (χ4n) is 3.79. The molecule has 8 heteroatoms. The van der Waals surface area contributed by atoms with Crippen molar-refractivity contribution in [3.8, 4) is 11.3 Å². The second kappa shape index (κ2) is 7.41. The Hall–Kier alpha value is -3.91. The number of carbonyl (C=O) groups excluding carboxylic acids is 1. The van der Waals surface area contributed by atoms with E-state index in [-0.39, 0.29) is 13.1 Å². The van der Waals surface area contributed by atoms with E-state index >= 15 is 0 Å². The van der Waals surface area contributed by atoms with Gasteiger partial charge in [-0.25, -0.2) is 14.8 Å². The molecule has 0 aliphatic carbocycles. The van der Waals surface area contributed by atoms with Gasteiger partial charge < -0.3 is 14.7 Å². The molecule has 0 radical (unpaired) electrons. The maximum atomic E-state index is 11.9. The lowest BCUT2D eigenvalue weighted by Gasteiger charge is -2.46. The zero-order chi connectivity index (χ0) is 21.4. The Labute approximate surface area is 178 Å². The molecule has 154 valence electrons. The van der Waals surface area contributed by atoms with Crippen molar-refractivity contribution in [3.05, 3.63) is 78.4 Å². The van der Waals surface area contributed by atoms with Crippen LogP contribution in [0.15, 0.2) is 67.1 Å². The standard InChI is InChI=1S/C23H19N5O3/c1-31-21(29)16-7-4-6-15(11-16)19-20(25-10-9-24-19)23(30)13-28(14-23)22-26-12-17-5-2-3-8-18(17)27-22/h2-12,30H,13-14H2,1H3. The predicted molar refractivity (Wildman–Crippen MR) is 114 cm³/mol. The van der Waals surface area contributed by atoms with Crippen LogP contribution in [-0.4, -0.2) is 51.2 Å². The number of nitrogens with zero attached hydrogens (tertiary/aromatic N) is 5. The summed E-state index contributed by atoms with van der Waals surface area (Å²) in [7, 11) is 1.34. The molecule has 1 aliphatic rings. The molecule has 0 saturated carbocycles. The summed E-state index contributed by atoms with van der Waals surface area (Å²) in [6.45, 7) is 0.571. The number of rotatable bonds is 4. The minimum Gasteiger partial charge on any atom is -0.465 e. The maximum absolute atomic E-state index is 11.9. The molecule has 1 aliphatic heterocycles. The summed E-state index contributed by atoms with van der Waals surface area (Å²) in [5.74, 6) is 0.121. The summed E-state index contributed by atoms with van der Waals surface area (Å²) in [6.07, 6.45) is 4.90. The van der Waals surface area contributed by atoms with Gasteiger partial charge in [-0.3, -0.25) is 9.97 Å². The lowest BCUT2D eigenvalue weighted by molar-refractivity contribution is 0.00274. The third-order valence-corrected chi connectivity index (χ3v) is 5.36. The molecule has 8 nitrogen and oxygen atoms in total. The molecular formula is C23H19N5O3. The Morgan fingerprint density at radius 2 is 1.87 bits per heavy atom. The van der Waals surface area contributed by atoms with Gasteiger partial charge in [0.15, 0.2) is 0 Å². The average molecular weight is 413 g/mol. The molecule has 0 unspecified atom stereocenters. The summed E-state index contributed by atoms with van der Waals surface area (Å²) < 4.78 is 4.81. The molecule has 0 bridgehead atoms. The van der Waals surface area contributed by atoms with Gasteiger partial charge in [-0.1, -0.05) is 30.3 Å². The summed E-state index contributed by atoms with van der Waals surface area (Å²) in [5.41, 5.74) is 1.70. The number of benzene rings is 2. The molecule has 0 atom stereocenters. The molecule has 0 spiro atoms. The largest absolute Gasteiger partial charge is 0.465 e. The van der Waals surface area contributed by atoms with Crippen LogP contribution < -0.4 is 4.90 Å². The van der Waals surface area contributed by atoms with E-state index in [0.717, 1.165) is 10.9 Å². The van der Waals surface area contributed by atoms with E-state index in [2.05, 4.69) is 19.9 Å². The van der Waals surface area contributed by atoms with Crippen molar-refractivity contribution in [1.29, 1.82) is 0 Å². The van der Waals surface area contributed by atoms with E-state index in [0.29, 0.717) is 28.5 Å². The fourth-order valence-corrected chi connectivity index (χ4v) is 3.79. The van der Waals surface area contributed by atoms with Crippen LogP contribution in [0.2, 0.25) is 0 Å². The number of methoxy groups -OCH3 is 1. The maximum Gasteiger partial charge on any atom is 0.337 e. The summed E-state index contributed by atoms with van der Waals surface area (Å²) in [5, 5.41) is 12.3. The molecule has 1 fully saturated rings. The van der Waals surface area contributed by atoms with Crippen molar-refractivity contribution in [2.75, 3.05) is 25.1 Å². The molecule has 0 amide bonds. The number of hydrogen-bond acceptors (Lipinski definition) is 8. The third kappa shape index (κ3) is 3.36. The van der Waals surface area contributed by atoms with E-state index in [1.165, 1.54) is 7.11 Å². The van der Waals surface area contributed by atoms with Crippen LogP contribution >= 0.6 is 0 Å². The Balaban J connectivity index is 1.45. The third-order valence-electron chi connectivity index (χ3n) is 5.36. The van der Waals surface area contributed by atoms with Crippen LogP contribution in [0.3, 0.4) is 0 Å². The van der Waals surface area contributed by atoms with Crippen molar-refractivity contribution in [3.63, 3.8) is 0 Å². The van der Waals surface area contributed by atoms with Crippen LogP contribution in [0.5, 0.6) is 0 Å². The quantitative estimate of drug-likeness (QED) is 0.510. The van der Waals surface area contributed by atoms with Gasteiger partial charge >= 0.3 is 5.97 Å². The topological polar surface area (TPSA) is 101 Å². The number of aliphatic hydroxyl groups is 1. The van der Waals surface area contributed by atoms with Gasteiger partial charge in [0.25, 0.3) is 0 Å². The number of fused-ring (bicyclic) bond motifs is 1. The van der Waals surface area contributed by atoms with E-state index in [1.807, 2.05) is 35.2 Å². The lowest BCUT2D eigenvalue weighted by atomic mass is 9.87. The van der Waals surface area contributed by atoms with Gasteiger partial charge in [-0.05, 0) is 18.2 Å². The molecule has 4 aromatic rings. The first kappa shape index (κ1) is 19.1. The van der Waals surface area contributed by atoms with Crippen molar-refractivity contribution < 1.29 is 14.6 Å². The number of carbonyl (C=O) groups is 1. The second-order valence-electron chi connectivity index (χ2n) is 7.44. The molecule has 2 aromatic carbocycles. The predicted octanol–water partition coefficient (Wildman–Crippen LogP) is 2.58. The van der Waals surface area contributed by atoms with E-state index in [1.54, 1.807) is 36.8 Å². The average Bonchev–Trinajstić information content (AvgIpc) is 2.81. The molecule has 31 heavy (non-hydrogen) atoms. The highest BCUT2D eigenvalue weighted by molar-refractivity contribution is 5.91. The molecule has 1 N–H and O–H groups in total.